The summed E-state index contributed by atoms with van der Waals surface area (Å²) in [6.07, 6.45) is 0.873. The van der Waals surface area contributed by atoms with Crippen LogP contribution < -0.4 is 15.6 Å². The first-order chi connectivity index (χ1) is 19.0. The molecule has 1 amide bonds. The molecule has 0 unspecified atom stereocenters. The van der Waals surface area contributed by atoms with Crippen molar-refractivity contribution in [1.82, 2.24) is 9.55 Å². The number of anilines is 1. The van der Waals surface area contributed by atoms with Gasteiger partial charge in [-0.2, -0.15) is 0 Å². The van der Waals surface area contributed by atoms with Gasteiger partial charge >= 0.3 is 0 Å². The number of aryl methyl sites for hydroxylation is 1. The van der Waals surface area contributed by atoms with Crippen molar-refractivity contribution in [2.24, 2.45) is 0 Å². The van der Waals surface area contributed by atoms with Crippen LogP contribution in [0, 0.1) is 5.82 Å². The van der Waals surface area contributed by atoms with Gasteiger partial charge < -0.3 is 10.1 Å². The van der Waals surface area contributed by atoms with E-state index in [2.05, 4.69) is 12.2 Å². The Morgan fingerprint density at radius 2 is 1.79 bits per heavy atom. The van der Waals surface area contributed by atoms with Crippen molar-refractivity contribution in [3.8, 4) is 21.9 Å². The van der Waals surface area contributed by atoms with Gasteiger partial charge in [0, 0.05) is 10.4 Å². The van der Waals surface area contributed by atoms with Gasteiger partial charge in [0.25, 0.3) is 5.56 Å². The van der Waals surface area contributed by atoms with E-state index in [4.69, 9.17) is 9.72 Å². The largest absolute Gasteiger partial charge is 0.493 e. The third kappa shape index (κ3) is 5.74. The van der Waals surface area contributed by atoms with Crippen molar-refractivity contribution in [2.45, 2.75) is 25.4 Å². The zero-order valence-electron chi connectivity index (χ0n) is 21.4. The molecule has 0 aliphatic heterocycles. The number of thiophene rings is 1. The minimum atomic E-state index is -0.513. The summed E-state index contributed by atoms with van der Waals surface area (Å²) in [5, 5.41) is 2.97. The van der Waals surface area contributed by atoms with E-state index in [0.29, 0.717) is 27.7 Å². The number of amides is 1. The maximum absolute atomic E-state index is 14.0. The highest BCUT2D eigenvalue weighted by atomic mass is 32.2. The Morgan fingerprint density at radius 3 is 2.54 bits per heavy atom. The molecule has 3 aromatic carbocycles. The van der Waals surface area contributed by atoms with Crippen LogP contribution in [0.4, 0.5) is 10.1 Å². The average molecular weight is 560 g/mol. The molecule has 6 nitrogen and oxygen atoms in total. The summed E-state index contributed by atoms with van der Waals surface area (Å²) >= 11 is 2.49. The fourth-order valence-corrected chi connectivity index (χ4v) is 6.00. The second kappa shape index (κ2) is 11.8. The lowest BCUT2D eigenvalue weighted by Crippen LogP contribution is -2.22. The van der Waals surface area contributed by atoms with E-state index in [1.807, 2.05) is 61.5 Å². The zero-order chi connectivity index (χ0) is 27.4. The lowest BCUT2D eigenvalue weighted by atomic mass is 10.1. The number of hydrogen-bond donors (Lipinski definition) is 1. The summed E-state index contributed by atoms with van der Waals surface area (Å²) < 4.78 is 21.9. The summed E-state index contributed by atoms with van der Waals surface area (Å²) in [6.45, 7) is 4.52. The Morgan fingerprint density at radius 1 is 1.05 bits per heavy atom. The molecule has 0 aliphatic carbocycles. The lowest BCUT2D eigenvalue weighted by Gasteiger charge is -2.12. The van der Waals surface area contributed by atoms with Crippen LogP contribution in [0.5, 0.6) is 5.75 Å². The van der Waals surface area contributed by atoms with Crippen LogP contribution in [-0.2, 0) is 11.2 Å². The van der Waals surface area contributed by atoms with Gasteiger partial charge in [0.2, 0.25) is 5.91 Å². The molecule has 0 fully saturated rings. The van der Waals surface area contributed by atoms with Crippen molar-refractivity contribution >= 4 is 44.9 Å². The first-order valence-corrected chi connectivity index (χ1v) is 14.3. The van der Waals surface area contributed by atoms with E-state index in [1.54, 1.807) is 12.1 Å². The molecule has 0 radical (unpaired) electrons. The van der Waals surface area contributed by atoms with E-state index in [0.717, 1.165) is 39.9 Å². The topological polar surface area (TPSA) is 73.2 Å². The van der Waals surface area contributed by atoms with Crippen LogP contribution in [0.15, 0.2) is 88.8 Å². The number of ether oxygens (including phenoxy) is 1. The molecular formula is C30H26FN3O3S2. The molecule has 0 bridgehead atoms. The maximum Gasteiger partial charge on any atom is 0.276 e. The van der Waals surface area contributed by atoms with Crippen LogP contribution in [0.25, 0.3) is 26.3 Å². The molecule has 0 aliphatic rings. The van der Waals surface area contributed by atoms with Crippen LogP contribution in [0.2, 0.25) is 0 Å². The van der Waals surface area contributed by atoms with Crippen molar-refractivity contribution in [3.05, 3.63) is 101 Å². The Bertz CT molecular complexity index is 1700. The first kappa shape index (κ1) is 26.6. The highest BCUT2D eigenvalue weighted by Gasteiger charge is 2.19. The third-order valence-corrected chi connectivity index (χ3v) is 8.14. The number of hydrogen-bond acceptors (Lipinski definition) is 6. The lowest BCUT2D eigenvalue weighted by molar-refractivity contribution is -0.113. The highest BCUT2D eigenvalue weighted by molar-refractivity contribution is 7.99. The van der Waals surface area contributed by atoms with E-state index in [-0.39, 0.29) is 17.0 Å². The number of carbonyl (C=O) groups excluding carboxylic acids is 1. The van der Waals surface area contributed by atoms with Crippen LogP contribution >= 0.6 is 23.1 Å². The molecule has 1 N–H and O–H groups in total. The summed E-state index contributed by atoms with van der Waals surface area (Å²) in [7, 11) is 0. The van der Waals surface area contributed by atoms with Gasteiger partial charge in [0.15, 0.2) is 5.16 Å². The summed E-state index contributed by atoms with van der Waals surface area (Å²) in [4.78, 5) is 32.2. The quantitative estimate of drug-likeness (QED) is 0.156. The molecule has 0 atom stereocenters. The molecule has 0 saturated carbocycles. The minimum Gasteiger partial charge on any atom is -0.493 e. The van der Waals surface area contributed by atoms with Gasteiger partial charge in [-0.25, -0.2) is 9.37 Å². The second-order valence-electron chi connectivity index (χ2n) is 8.63. The maximum atomic E-state index is 14.0. The normalized spacial score (nSPS) is 11.1. The summed E-state index contributed by atoms with van der Waals surface area (Å²) in [5.41, 5.74) is 3.13. The van der Waals surface area contributed by atoms with Crippen LogP contribution in [0.3, 0.4) is 0 Å². The highest BCUT2D eigenvalue weighted by Crippen LogP contribution is 2.37. The van der Waals surface area contributed by atoms with E-state index >= 15 is 0 Å². The number of benzene rings is 3. The van der Waals surface area contributed by atoms with Crippen molar-refractivity contribution in [3.63, 3.8) is 0 Å². The molecule has 39 heavy (non-hydrogen) atoms. The molecule has 5 rings (SSSR count). The number of aromatic nitrogens is 2. The van der Waals surface area contributed by atoms with Gasteiger partial charge in [-0.1, -0.05) is 55.1 Å². The standard InChI is InChI=1S/C30H26FN3O3S2/c1-3-19-13-15-20(16-14-19)34-29(36)28-24(17-26(39-28)21-9-5-8-12-25(21)37-4-2)33-30(34)38-18-27(35)32-23-11-7-6-10-22(23)31/h5-17H,3-4,18H2,1-2H3,(H,32,35). The molecule has 9 heteroatoms. The van der Waals surface area contributed by atoms with Gasteiger partial charge in [0.1, 0.15) is 16.3 Å². The number of rotatable bonds is 9. The number of nitrogens with zero attached hydrogens (tertiary/aromatic N) is 2. The monoisotopic (exact) mass is 559 g/mol. The minimum absolute atomic E-state index is 0.0521. The van der Waals surface area contributed by atoms with E-state index in [1.165, 1.54) is 28.0 Å². The van der Waals surface area contributed by atoms with Crippen molar-refractivity contribution in [2.75, 3.05) is 17.7 Å². The molecule has 0 spiro atoms. The predicted octanol–water partition coefficient (Wildman–Crippen LogP) is 6.95. The van der Waals surface area contributed by atoms with Gasteiger partial charge in [-0.3, -0.25) is 14.2 Å². The molecule has 2 heterocycles. The van der Waals surface area contributed by atoms with Crippen LogP contribution in [-0.4, -0.2) is 27.8 Å². The average Bonchev–Trinajstić information content (AvgIpc) is 3.38. The number of nitrogens with one attached hydrogen (secondary N) is 1. The van der Waals surface area contributed by atoms with Crippen molar-refractivity contribution < 1.29 is 13.9 Å². The zero-order valence-corrected chi connectivity index (χ0v) is 23.1. The Hall–Kier alpha value is -3.95. The predicted molar refractivity (Wildman–Crippen MR) is 157 cm³/mol. The summed E-state index contributed by atoms with van der Waals surface area (Å²) in [6, 6.07) is 23.3. The Labute approximate surface area is 233 Å². The van der Waals surface area contributed by atoms with Crippen LogP contribution in [0.1, 0.15) is 19.4 Å². The number of fused-ring (bicyclic) bond motifs is 1. The first-order valence-electron chi connectivity index (χ1n) is 12.5. The smallest absolute Gasteiger partial charge is 0.276 e. The molecule has 0 saturated heterocycles. The van der Waals surface area contributed by atoms with E-state index < -0.39 is 11.7 Å². The second-order valence-corrected chi connectivity index (χ2v) is 10.6. The SMILES string of the molecule is CCOc1ccccc1-c1cc2nc(SCC(=O)Nc3ccccc3F)n(-c3ccc(CC)cc3)c(=O)c2s1. The fraction of sp³-hybridized carbons (Fsp3) is 0.167. The Kier molecular flexibility index (Phi) is 8.09. The molecule has 5 aromatic rings. The molecule has 2 aromatic heterocycles. The van der Waals surface area contributed by atoms with E-state index in [9.17, 15) is 14.0 Å². The van der Waals surface area contributed by atoms with Gasteiger partial charge in [-0.05, 0) is 61.4 Å². The number of carbonyl (C=O) groups is 1. The Balaban J connectivity index is 1.55. The van der Waals surface area contributed by atoms with Gasteiger partial charge in [0.05, 0.1) is 29.3 Å². The van der Waals surface area contributed by atoms with Gasteiger partial charge in [-0.15, -0.1) is 11.3 Å². The molecule has 198 valence electrons. The third-order valence-electron chi connectivity index (χ3n) is 6.05. The molecular weight excluding hydrogens is 533 g/mol. The number of halogens is 1. The summed E-state index contributed by atoms with van der Waals surface area (Å²) in [5.74, 6) is -0.226. The fourth-order valence-electron chi connectivity index (χ4n) is 4.13. The number of para-hydroxylation sites is 2. The van der Waals surface area contributed by atoms with Crippen molar-refractivity contribution in [1.29, 1.82) is 0 Å². The number of thioether (sulfide) groups is 1.